The zero-order valence-corrected chi connectivity index (χ0v) is 33.0. The molecule has 0 radical (unpaired) electrons. The van der Waals surface area contributed by atoms with Gasteiger partial charge < -0.3 is 26.2 Å². The van der Waals surface area contributed by atoms with Gasteiger partial charge in [0.1, 0.15) is 12.1 Å². The summed E-state index contributed by atoms with van der Waals surface area (Å²) in [6.45, 7) is 21.4. The first-order valence-corrected chi connectivity index (χ1v) is 19.7. The standard InChI is InChI=1S/C38H58N6O7S/c1-11-13-17-25(30(45)33(47)39-19-12-2)40-32(46)29-28-24(38(28,9)10)21-44(29)34(48)31(37(6,7)8)42-35(49)41-27(36(3,4)5)22-43-20-23-16-14-15-18-26(23)52(43,50)51/h12,14-16,18,24-25,27-29,31H,2,11,13,17,19-22H2,1,3-10H3,(H,39,47)(H,40,46)(H2,41,42,49)/t24-,25?,27+,28-,29?,31+/m0/s1. The Balaban J connectivity index is 1.53. The number of carbonyl (C=O) groups is 5. The smallest absolute Gasteiger partial charge is 0.315 e. The van der Waals surface area contributed by atoms with E-state index in [4.69, 9.17) is 0 Å². The summed E-state index contributed by atoms with van der Waals surface area (Å²) in [5, 5.41) is 11.1. The molecule has 13 nitrogen and oxygen atoms in total. The number of unbranched alkanes of at least 4 members (excludes halogenated alkanes) is 1. The maximum Gasteiger partial charge on any atom is 0.315 e. The minimum Gasteiger partial charge on any atom is -0.346 e. The summed E-state index contributed by atoms with van der Waals surface area (Å²) in [7, 11) is -3.75. The van der Waals surface area contributed by atoms with Crippen LogP contribution in [0.25, 0.3) is 0 Å². The Hall–Kier alpha value is -3.78. The number of hydrogen-bond acceptors (Lipinski definition) is 7. The van der Waals surface area contributed by atoms with Crippen molar-refractivity contribution in [3.63, 3.8) is 0 Å². The summed E-state index contributed by atoms with van der Waals surface area (Å²) in [6, 6.07) is 2.57. The molecule has 2 aliphatic heterocycles. The molecule has 2 heterocycles. The van der Waals surface area contributed by atoms with Crippen LogP contribution in [0.5, 0.6) is 0 Å². The van der Waals surface area contributed by atoms with Crippen LogP contribution in [0, 0.1) is 28.1 Å². The Morgan fingerprint density at radius 3 is 2.23 bits per heavy atom. The van der Waals surface area contributed by atoms with E-state index < -0.39 is 74.6 Å². The quantitative estimate of drug-likeness (QED) is 0.167. The van der Waals surface area contributed by atoms with Crippen molar-refractivity contribution in [2.75, 3.05) is 19.6 Å². The predicted molar refractivity (Wildman–Crippen MR) is 198 cm³/mol. The van der Waals surface area contributed by atoms with Crippen LogP contribution >= 0.6 is 0 Å². The van der Waals surface area contributed by atoms with Gasteiger partial charge >= 0.3 is 6.03 Å². The summed E-state index contributed by atoms with van der Waals surface area (Å²) in [5.41, 5.74) is -0.860. The number of piperidine rings is 1. The minimum absolute atomic E-state index is 0.0262. The SMILES string of the molecule is C=CCNC(=O)C(=O)C(CCCC)NC(=O)C1[C@@H]2[C@H](CN1C(=O)[C@@H](NC(=O)N[C@H](CN1Cc3ccccc3S1(=O)=O)C(C)(C)C)C(C)(C)C)C2(C)C. The van der Waals surface area contributed by atoms with Gasteiger partial charge in [-0.15, -0.1) is 6.58 Å². The summed E-state index contributed by atoms with van der Waals surface area (Å²) in [4.78, 5) is 69.8. The van der Waals surface area contributed by atoms with Crippen molar-refractivity contribution >= 4 is 39.6 Å². The lowest BCUT2D eigenvalue weighted by Crippen LogP contribution is -2.62. The van der Waals surface area contributed by atoms with Crippen LogP contribution in [-0.2, 0) is 35.7 Å². The molecule has 4 N–H and O–H groups in total. The molecule has 1 aromatic carbocycles. The first-order valence-electron chi connectivity index (χ1n) is 18.3. The maximum absolute atomic E-state index is 14.5. The second-order valence-corrected chi connectivity index (χ2v) is 19.1. The number of sulfonamides is 1. The lowest BCUT2D eigenvalue weighted by Gasteiger charge is -2.39. The van der Waals surface area contributed by atoms with E-state index in [9.17, 15) is 32.4 Å². The number of rotatable bonds is 14. The van der Waals surface area contributed by atoms with Gasteiger partial charge in [-0.1, -0.05) is 99.4 Å². The van der Waals surface area contributed by atoms with Gasteiger partial charge in [0, 0.05) is 32.2 Å². The summed E-state index contributed by atoms with van der Waals surface area (Å²) < 4.78 is 28.1. The summed E-state index contributed by atoms with van der Waals surface area (Å²) in [5.74, 6) is -2.63. The minimum atomic E-state index is -3.75. The molecule has 0 aromatic heterocycles. The fourth-order valence-electron chi connectivity index (χ4n) is 7.51. The third-order valence-electron chi connectivity index (χ3n) is 10.9. The number of benzene rings is 1. The van der Waals surface area contributed by atoms with Gasteiger partial charge in [-0.05, 0) is 46.1 Å². The van der Waals surface area contributed by atoms with Gasteiger partial charge in [-0.25, -0.2) is 13.2 Å². The zero-order chi connectivity index (χ0) is 39.0. The van der Waals surface area contributed by atoms with Crippen molar-refractivity contribution < 1.29 is 32.4 Å². The second kappa shape index (κ2) is 15.3. The van der Waals surface area contributed by atoms with Crippen LogP contribution in [0.1, 0.15) is 87.1 Å². The third-order valence-corrected chi connectivity index (χ3v) is 12.8. The number of urea groups is 1. The maximum atomic E-state index is 14.5. The molecule has 288 valence electrons. The highest BCUT2D eigenvalue weighted by Gasteiger charge is 2.70. The number of nitrogens with zero attached hydrogens (tertiary/aromatic N) is 2. The van der Waals surface area contributed by atoms with Crippen molar-refractivity contribution in [3.8, 4) is 0 Å². The molecule has 1 aliphatic carbocycles. The van der Waals surface area contributed by atoms with Gasteiger partial charge in [-0.3, -0.25) is 19.2 Å². The van der Waals surface area contributed by atoms with Crippen LogP contribution in [0.3, 0.4) is 0 Å². The predicted octanol–water partition coefficient (Wildman–Crippen LogP) is 3.35. The topological polar surface area (TPSA) is 174 Å². The molecule has 0 spiro atoms. The Labute approximate surface area is 309 Å². The zero-order valence-electron chi connectivity index (χ0n) is 32.2. The molecule has 1 saturated carbocycles. The highest BCUT2D eigenvalue weighted by atomic mass is 32.2. The number of fused-ring (bicyclic) bond motifs is 2. The molecule has 1 saturated heterocycles. The molecule has 14 heteroatoms. The van der Waals surface area contributed by atoms with E-state index in [0.717, 1.165) is 6.42 Å². The van der Waals surface area contributed by atoms with Crippen molar-refractivity contribution in [3.05, 3.63) is 42.5 Å². The van der Waals surface area contributed by atoms with Crippen LogP contribution in [0.2, 0.25) is 0 Å². The van der Waals surface area contributed by atoms with Gasteiger partial charge in [0.15, 0.2) is 0 Å². The summed E-state index contributed by atoms with van der Waals surface area (Å²) >= 11 is 0. The van der Waals surface area contributed by atoms with Crippen LogP contribution in [0.4, 0.5) is 4.79 Å². The van der Waals surface area contributed by atoms with E-state index in [0.29, 0.717) is 18.5 Å². The number of hydrogen-bond donors (Lipinski definition) is 4. The average Bonchev–Trinajstić information content (AvgIpc) is 3.31. The van der Waals surface area contributed by atoms with Crippen LogP contribution < -0.4 is 21.3 Å². The van der Waals surface area contributed by atoms with Gasteiger partial charge in [0.25, 0.3) is 5.91 Å². The first kappa shape index (κ1) is 41.0. The molecule has 3 aliphatic rings. The van der Waals surface area contributed by atoms with E-state index in [-0.39, 0.29) is 48.2 Å². The molecule has 6 atom stereocenters. The van der Waals surface area contributed by atoms with E-state index in [2.05, 4.69) is 27.8 Å². The fourth-order valence-corrected chi connectivity index (χ4v) is 9.15. The van der Waals surface area contributed by atoms with Crippen molar-refractivity contribution in [1.29, 1.82) is 0 Å². The Bertz CT molecular complexity index is 1680. The number of ketones is 1. The monoisotopic (exact) mass is 742 g/mol. The highest BCUT2D eigenvalue weighted by Crippen LogP contribution is 2.65. The molecular weight excluding hydrogens is 685 g/mol. The summed E-state index contributed by atoms with van der Waals surface area (Å²) in [6.07, 6.45) is 3.08. The highest BCUT2D eigenvalue weighted by molar-refractivity contribution is 7.89. The molecule has 52 heavy (non-hydrogen) atoms. The number of nitrogens with one attached hydrogen (secondary N) is 4. The Morgan fingerprint density at radius 1 is 1.00 bits per heavy atom. The Morgan fingerprint density at radius 2 is 1.65 bits per heavy atom. The molecule has 4 rings (SSSR count). The Kier molecular flexibility index (Phi) is 12.1. The van der Waals surface area contributed by atoms with E-state index in [1.54, 1.807) is 24.3 Å². The first-order chi connectivity index (χ1) is 24.1. The van der Waals surface area contributed by atoms with E-state index in [1.807, 2.05) is 62.3 Å². The molecule has 0 bridgehead atoms. The molecular formula is C38H58N6O7S. The lowest BCUT2D eigenvalue weighted by atomic mass is 9.85. The number of Topliss-reactive ketones (excluding diaryl/α,β-unsaturated/α-hetero) is 1. The van der Waals surface area contributed by atoms with E-state index >= 15 is 0 Å². The number of likely N-dealkylation sites (tertiary alicyclic amines) is 1. The van der Waals surface area contributed by atoms with Gasteiger partial charge in [0.05, 0.1) is 10.9 Å². The van der Waals surface area contributed by atoms with Crippen LogP contribution in [0.15, 0.2) is 41.8 Å². The fraction of sp³-hybridized carbons (Fsp3) is 0.658. The van der Waals surface area contributed by atoms with Crippen molar-refractivity contribution in [2.24, 2.45) is 28.1 Å². The average molecular weight is 743 g/mol. The van der Waals surface area contributed by atoms with Gasteiger partial charge in [-0.2, -0.15) is 4.31 Å². The molecule has 5 amide bonds. The van der Waals surface area contributed by atoms with Crippen molar-refractivity contribution in [2.45, 2.75) is 117 Å². The van der Waals surface area contributed by atoms with Crippen LogP contribution in [-0.4, -0.2) is 91.0 Å². The normalized spacial score (nSPS) is 23.3. The molecule has 1 aromatic rings. The molecule has 2 unspecified atom stereocenters. The number of amides is 5. The van der Waals surface area contributed by atoms with Crippen molar-refractivity contribution in [1.82, 2.24) is 30.5 Å². The van der Waals surface area contributed by atoms with Gasteiger partial charge in [0.2, 0.25) is 27.6 Å². The van der Waals surface area contributed by atoms with E-state index in [1.165, 1.54) is 15.3 Å². The lowest BCUT2D eigenvalue weighted by molar-refractivity contribution is -0.145. The second-order valence-electron chi connectivity index (χ2n) is 17.2. The third kappa shape index (κ3) is 8.54. The largest absolute Gasteiger partial charge is 0.346 e. The molecule has 2 fully saturated rings. The number of carbonyl (C=O) groups excluding carboxylic acids is 5.